The van der Waals surface area contributed by atoms with E-state index in [1.807, 2.05) is 24.1 Å². The van der Waals surface area contributed by atoms with Crippen molar-refractivity contribution in [1.29, 1.82) is 0 Å². The molecule has 4 aromatic rings. The molecule has 0 saturated heterocycles. The predicted molar refractivity (Wildman–Crippen MR) is 103 cm³/mol. The molecule has 148 valence electrons. The van der Waals surface area contributed by atoms with Gasteiger partial charge in [0.15, 0.2) is 0 Å². The number of nitrogens with zero attached hydrogens (tertiary/aromatic N) is 5. The van der Waals surface area contributed by atoms with E-state index < -0.39 is 0 Å². The Kier molecular flexibility index (Phi) is 5.30. The molecule has 0 spiro atoms. The number of H-pyrrole nitrogens is 1. The Morgan fingerprint density at radius 3 is 2.76 bits per heavy atom. The summed E-state index contributed by atoms with van der Waals surface area (Å²) in [5, 5.41) is 11.0. The maximum atomic E-state index is 14.4. The third kappa shape index (κ3) is 4.14. The molecule has 0 radical (unpaired) electrons. The Morgan fingerprint density at radius 2 is 2.00 bits per heavy atom. The molecule has 1 N–H and O–H groups in total. The lowest BCUT2D eigenvalue weighted by Gasteiger charge is -2.14. The highest BCUT2D eigenvalue weighted by molar-refractivity contribution is 5.64. The minimum absolute atomic E-state index is 0.378. The van der Waals surface area contributed by atoms with Crippen LogP contribution >= 0.6 is 0 Å². The van der Waals surface area contributed by atoms with Crippen molar-refractivity contribution in [2.24, 2.45) is 0 Å². The topological polar surface area (TPSA) is 93.0 Å². The number of hydrogen-bond donors (Lipinski definition) is 1. The quantitative estimate of drug-likeness (QED) is 0.514. The van der Waals surface area contributed by atoms with E-state index in [4.69, 9.17) is 9.26 Å². The molecule has 0 amide bonds. The first kappa shape index (κ1) is 18.8. The summed E-state index contributed by atoms with van der Waals surface area (Å²) in [5.74, 6) is 1.09. The van der Waals surface area contributed by atoms with Gasteiger partial charge >= 0.3 is 0 Å². The zero-order valence-corrected chi connectivity index (χ0v) is 16.0. The molecule has 0 fully saturated rings. The second kappa shape index (κ2) is 8.19. The lowest BCUT2D eigenvalue weighted by atomic mass is 10.1. The number of nitrogens with one attached hydrogen (secondary N) is 1. The summed E-state index contributed by atoms with van der Waals surface area (Å²) in [4.78, 5) is 10.4. The van der Waals surface area contributed by atoms with Crippen LogP contribution in [0.25, 0.3) is 22.6 Å². The Labute approximate surface area is 166 Å². The first-order valence-electron chi connectivity index (χ1n) is 8.91. The average molecular weight is 394 g/mol. The Morgan fingerprint density at radius 1 is 1.17 bits per heavy atom. The van der Waals surface area contributed by atoms with Gasteiger partial charge in [0.2, 0.25) is 11.7 Å². The molecule has 1 aromatic carbocycles. The fraction of sp³-hybridized carbons (Fsp3) is 0.200. The lowest BCUT2D eigenvalue weighted by Crippen LogP contribution is -2.17. The van der Waals surface area contributed by atoms with E-state index in [9.17, 15) is 4.39 Å². The third-order valence-electron chi connectivity index (χ3n) is 4.42. The molecular weight excluding hydrogens is 375 g/mol. The van der Waals surface area contributed by atoms with Gasteiger partial charge in [0.05, 0.1) is 25.5 Å². The van der Waals surface area contributed by atoms with E-state index in [0.29, 0.717) is 41.8 Å². The number of rotatable bonds is 7. The number of hydrogen-bond acceptors (Lipinski definition) is 7. The van der Waals surface area contributed by atoms with Crippen LogP contribution in [-0.4, -0.2) is 44.4 Å². The minimum atomic E-state index is -0.378. The molecular formula is C20H19FN6O2. The standard InChI is InChI=1S/C20H19FN6O2/c1-27(12-18-24-20(26-29-18)13-5-7-22-8-6-13)11-14-10-23-25-19(14)16-4-3-15(28-2)9-17(16)21/h3-10H,11-12H2,1-2H3,(H,23,25). The van der Waals surface area contributed by atoms with Crippen molar-refractivity contribution in [2.75, 3.05) is 14.2 Å². The molecule has 8 nitrogen and oxygen atoms in total. The van der Waals surface area contributed by atoms with Crippen LogP contribution in [-0.2, 0) is 13.1 Å². The maximum Gasteiger partial charge on any atom is 0.241 e. The summed E-state index contributed by atoms with van der Waals surface area (Å²) in [6, 6.07) is 8.37. The van der Waals surface area contributed by atoms with Crippen LogP contribution in [0.15, 0.2) is 53.4 Å². The summed E-state index contributed by atoms with van der Waals surface area (Å²) in [6.07, 6.45) is 5.04. The largest absolute Gasteiger partial charge is 0.497 e. The maximum absolute atomic E-state index is 14.4. The molecule has 0 aliphatic rings. The van der Waals surface area contributed by atoms with Crippen LogP contribution in [0.3, 0.4) is 0 Å². The molecule has 4 rings (SSSR count). The highest BCUT2D eigenvalue weighted by atomic mass is 19.1. The van der Waals surface area contributed by atoms with Crippen LogP contribution in [0.5, 0.6) is 5.75 Å². The smallest absolute Gasteiger partial charge is 0.241 e. The Bertz CT molecular complexity index is 1100. The van der Waals surface area contributed by atoms with Crippen molar-refractivity contribution >= 4 is 0 Å². The number of aromatic amines is 1. The Balaban J connectivity index is 1.47. The van der Waals surface area contributed by atoms with E-state index in [-0.39, 0.29) is 5.82 Å². The monoisotopic (exact) mass is 394 g/mol. The SMILES string of the molecule is COc1ccc(-c2[nH]ncc2CN(C)Cc2nc(-c3ccncc3)no2)c(F)c1. The highest BCUT2D eigenvalue weighted by Gasteiger charge is 2.16. The van der Waals surface area contributed by atoms with Crippen LogP contribution in [0.1, 0.15) is 11.5 Å². The second-order valence-electron chi connectivity index (χ2n) is 6.54. The van der Waals surface area contributed by atoms with Crippen LogP contribution in [0.2, 0.25) is 0 Å². The number of ether oxygens (including phenoxy) is 1. The molecule has 0 saturated carbocycles. The van der Waals surface area contributed by atoms with Gasteiger partial charge in [-0.05, 0) is 31.3 Å². The van der Waals surface area contributed by atoms with Gasteiger partial charge in [-0.15, -0.1) is 0 Å². The van der Waals surface area contributed by atoms with Crippen LogP contribution in [0, 0.1) is 5.82 Å². The molecule has 0 aliphatic heterocycles. The van der Waals surface area contributed by atoms with Crippen molar-refractivity contribution in [2.45, 2.75) is 13.1 Å². The summed E-state index contributed by atoms with van der Waals surface area (Å²) in [7, 11) is 3.42. The van der Waals surface area contributed by atoms with Crippen molar-refractivity contribution < 1.29 is 13.7 Å². The summed E-state index contributed by atoms with van der Waals surface area (Å²) >= 11 is 0. The summed E-state index contributed by atoms with van der Waals surface area (Å²) in [5.41, 5.74) is 2.75. The normalized spacial score (nSPS) is 11.2. The van der Waals surface area contributed by atoms with Gasteiger partial charge in [-0.2, -0.15) is 10.1 Å². The van der Waals surface area contributed by atoms with Crippen molar-refractivity contribution in [3.8, 4) is 28.4 Å². The van der Waals surface area contributed by atoms with Crippen LogP contribution < -0.4 is 4.74 Å². The van der Waals surface area contributed by atoms with E-state index in [1.54, 1.807) is 30.7 Å². The average Bonchev–Trinajstić information content (AvgIpc) is 3.38. The first-order chi connectivity index (χ1) is 14.1. The zero-order valence-electron chi connectivity index (χ0n) is 16.0. The fourth-order valence-electron chi connectivity index (χ4n) is 3.00. The van der Waals surface area contributed by atoms with Crippen molar-refractivity contribution in [3.63, 3.8) is 0 Å². The Hall–Kier alpha value is -3.59. The number of benzene rings is 1. The van der Waals surface area contributed by atoms with E-state index in [2.05, 4.69) is 25.3 Å². The van der Waals surface area contributed by atoms with Gasteiger partial charge in [-0.25, -0.2) is 4.39 Å². The van der Waals surface area contributed by atoms with Gasteiger partial charge in [0.1, 0.15) is 11.6 Å². The van der Waals surface area contributed by atoms with Crippen molar-refractivity contribution in [3.05, 3.63) is 66.2 Å². The van der Waals surface area contributed by atoms with Gasteiger partial charge in [0.25, 0.3) is 0 Å². The van der Waals surface area contributed by atoms with E-state index >= 15 is 0 Å². The fourth-order valence-corrected chi connectivity index (χ4v) is 3.00. The number of aromatic nitrogens is 5. The number of pyridine rings is 1. The lowest BCUT2D eigenvalue weighted by molar-refractivity contribution is 0.261. The van der Waals surface area contributed by atoms with Crippen LogP contribution in [0.4, 0.5) is 4.39 Å². The van der Waals surface area contributed by atoms with Gasteiger partial charge in [-0.1, -0.05) is 5.16 Å². The second-order valence-corrected chi connectivity index (χ2v) is 6.54. The van der Waals surface area contributed by atoms with Crippen molar-refractivity contribution in [1.82, 2.24) is 30.2 Å². The molecule has 3 aromatic heterocycles. The molecule has 9 heteroatoms. The molecule has 29 heavy (non-hydrogen) atoms. The summed E-state index contributed by atoms with van der Waals surface area (Å²) < 4.78 is 24.9. The van der Waals surface area contributed by atoms with E-state index in [1.165, 1.54) is 13.2 Å². The third-order valence-corrected chi connectivity index (χ3v) is 4.42. The molecule has 0 bridgehead atoms. The van der Waals surface area contributed by atoms with Gasteiger partial charge in [-0.3, -0.25) is 15.0 Å². The number of halogens is 1. The first-order valence-corrected chi connectivity index (χ1v) is 8.91. The number of methoxy groups -OCH3 is 1. The van der Waals surface area contributed by atoms with E-state index in [0.717, 1.165) is 11.1 Å². The van der Waals surface area contributed by atoms with Gasteiger partial charge < -0.3 is 9.26 Å². The molecule has 3 heterocycles. The minimum Gasteiger partial charge on any atom is -0.497 e. The molecule has 0 unspecified atom stereocenters. The molecule has 0 atom stereocenters. The molecule has 0 aliphatic carbocycles. The summed E-state index contributed by atoms with van der Waals surface area (Å²) in [6.45, 7) is 0.956. The zero-order chi connectivity index (χ0) is 20.2. The highest BCUT2D eigenvalue weighted by Crippen LogP contribution is 2.28. The van der Waals surface area contributed by atoms with Gasteiger partial charge in [0, 0.05) is 41.7 Å². The predicted octanol–water partition coefficient (Wildman–Crippen LogP) is 3.30.